The summed E-state index contributed by atoms with van der Waals surface area (Å²) in [5.74, 6) is 0.912. The largest absolute Gasteiger partial charge is 0.497 e. The fourth-order valence-electron chi connectivity index (χ4n) is 4.21. The molecule has 0 bridgehead atoms. The number of hydrogen-bond donors (Lipinski definition) is 2. The number of nitrogens with zero attached hydrogens (tertiary/aromatic N) is 2. The predicted molar refractivity (Wildman–Crippen MR) is 124 cm³/mol. The molecule has 0 unspecified atom stereocenters. The molecule has 5 rings (SSSR count). The summed E-state index contributed by atoms with van der Waals surface area (Å²) in [6, 6.07) is 17.7. The Morgan fingerprint density at radius 2 is 1.91 bits per heavy atom. The number of nitrogens with one attached hydrogen (secondary N) is 2. The Hall–Kier alpha value is -4.13. The summed E-state index contributed by atoms with van der Waals surface area (Å²) in [6.45, 7) is 0. The summed E-state index contributed by atoms with van der Waals surface area (Å²) in [5.41, 5.74) is 8.02. The van der Waals surface area contributed by atoms with Gasteiger partial charge in [0.25, 0.3) is 5.91 Å². The monoisotopic (exact) mass is 426 g/mol. The molecule has 1 aliphatic rings. The molecule has 0 radical (unpaired) electrons. The zero-order valence-corrected chi connectivity index (χ0v) is 17.8. The van der Waals surface area contributed by atoms with Crippen molar-refractivity contribution in [3.8, 4) is 22.8 Å². The van der Waals surface area contributed by atoms with Crippen LogP contribution in [0.3, 0.4) is 0 Å². The second-order valence-electron chi connectivity index (χ2n) is 7.59. The first-order chi connectivity index (χ1) is 15.7. The number of ether oxygens (including phenoxy) is 2. The number of hydrazone groups is 1. The predicted octanol–water partition coefficient (Wildman–Crippen LogP) is 4.11. The zero-order valence-electron chi connectivity index (χ0n) is 17.8. The van der Waals surface area contributed by atoms with E-state index in [0.29, 0.717) is 22.8 Å². The highest BCUT2D eigenvalue weighted by Crippen LogP contribution is 2.36. The van der Waals surface area contributed by atoms with E-state index in [4.69, 9.17) is 9.47 Å². The van der Waals surface area contributed by atoms with Gasteiger partial charge < -0.3 is 9.47 Å². The lowest BCUT2D eigenvalue weighted by molar-refractivity contribution is 0.0950. The van der Waals surface area contributed by atoms with E-state index >= 15 is 0 Å². The van der Waals surface area contributed by atoms with Gasteiger partial charge in [-0.2, -0.15) is 10.2 Å². The second kappa shape index (κ2) is 8.19. The van der Waals surface area contributed by atoms with Gasteiger partial charge in [0, 0.05) is 11.1 Å². The van der Waals surface area contributed by atoms with E-state index in [-0.39, 0.29) is 5.91 Å². The number of aryl methyl sites for hydroxylation is 2. The fourth-order valence-corrected chi connectivity index (χ4v) is 4.21. The fraction of sp³-hybridized carbons (Fsp3) is 0.160. The summed E-state index contributed by atoms with van der Waals surface area (Å²) in [4.78, 5) is 12.6. The first kappa shape index (κ1) is 19.8. The SMILES string of the molecule is COc1ccc(OC)c(/C=N/NC(=O)c2cc(-c3ccc4c5c(cccc35)CC4)n[nH]2)c1. The number of carbonyl (C=O) groups is 1. The molecule has 3 aromatic carbocycles. The third kappa shape index (κ3) is 3.47. The lowest BCUT2D eigenvalue weighted by atomic mass is 9.98. The molecular formula is C25H22N4O3. The number of rotatable bonds is 6. The number of hydrogen-bond acceptors (Lipinski definition) is 5. The molecule has 2 N–H and O–H groups in total. The Morgan fingerprint density at radius 3 is 2.72 bits per heavy atom. The van der Waals surface area contributed by atoms with Gasteiger partial charge in [0.2, 0.25) is 0 Å². The molecule has 1 heterocycles. The summed E-state index contributed by atoms with van der Waals surface area (Å²) in [5, 5.41) is 13.7. The van der Waals surface area contributed by atoms with Gasteiger partial charge >= 0.3 is 0 Å². The second-order valence-corrected chi connectivity index (χ2v) is 7.59. The maximum Gasteiger partial charge on any atom is 0.289 e. The van der Waals surface area contributed by atoms with Crippen LogP contribution in [0.25, 0.3) is 22.0 Å². The molecule has 160 valence electrons. The van der Waals surface area contributed by atoms with Crippen LogP contribution in [0.5, 0.6) is 11.5 Å². The van der Waals surface area contributed by atoms with E-state index in [1.165, 1.54) is 28.1 Å². The lowest BCUT2D eigenvalue weighted by Gasteiger charge is -2.06. The van der Waals surface area contributed by atoms with Crippen molar-refractivity contribution in [1.82, 2.24) is 15.6 Å². The van der Waals surface area contributed by atoms with Crippen molar-refractivity contribution < 1.29 is 14.3 Å². The van der Waals surface area contributed by atoms with E-state index in [2.05, 4.69) is 51.1 Å². The summed E-state index contributed by atoms with van der Waals surface area (Å²) >= 11 is 0. The maximum atomic E-state index is 12.6. The Morgan fingerprint density at radius 1 is 1.06 bits per heavy atom. The van der Waals surface area contributed by atoms with Gasteiger partial charge in [-0.1, -0.05) is 30.3 Å². The molecule has 32 heavy (non-hydrogen) atoms. The molecule has 0 spiro atoms. The van der Waals surface area contributed by atoms with Gasteiger partial charge in [-0.25, -0.2) is 5.43 Å². The van der Waals surface area contributed by atoms with Crippen LogP contribution in [0.4, 0.5) is 0 Å². The Bertz CT molecular complexity index is 1350. The molecule has 0 saturated carbocycles. The van der Waals surface area contributed by atoms with Gasteiger partial charge in [-0.3, -0.25) is 9.89 Å². The first-order valence-electron chi connectivity index (χ1n) is 10.3. The molecule has 7 nitrogen and oxygen atoms in total. The number of H-pyrrole nitrogens is 1. The van der Waals surface area contributed by atoms with Crippen molar-refractivity contribution >= 4 is 22.9 Å². The van der Waals surface area contributed by atoms with Crippen molar-refractivity contribution in [1.29, 1.82) is 0 Å². The van der Waals surface area contributed by atoms with E-state index in [0.717, 1.165) is 24.1 Å². The molecule has 0 atom stereocenters. The number of methoxy groups -OCH3 is 2. The topological polar surface area (TPSA) is 88.6 Å². The van der Waals surface area contributed by atoms with Gasteiger partial charge in [-0.05, 0) is 59.0 Å². The Kier molecular flexibility index (Phi) is 5.07. The van der Waals surface area contributed by atoms with Crippen LogP contribution in [-0.2, 0) is 12.8 Å². The number of amides is 1. The molecule has 1 aliphatic carbocycles. The van der Waals surface area contributed by atoms with Crippen molar-refractivity contribution in [3.63, 3.8) is 0 Å². The molecule has 1 amide bonds. The summed E-state index contributed by atoms with van der Waals surface area (Å²) < 4.78 is 10.5. The van der Waals surface area contributed by atoms with Crippen molar-refractivity contribution in [2.24, 2.45) is 5.10 Å². The van der Waals surface area contributed by atoms with Crippen LogP contribution < -0.4 is 14.9 Å². The highest BCUT2D eigenvalue weighted by Gasteiger charge is 2.18. The molecule has 1 aromatic heterocycles. The van der Waals surface area contributed by atoms with Crippen LogP contribution in [-0.4, -0.2) is 36.5 Å². The number of aromatic amines is 1. The van der Waals surface area contributed by atoms with E-state index < -0.39 is 0 Å². The number of aromatic nitrogens is 2. The van der Waals surface area contributed by atoms with E-state index in [1.807, 2.05) is 0 Å². The summed E-state index contributed by atoms with van der Waals surface area (Å²) in [6.07, 6.45) is 3.65. The van der Waals surface area contributed by atoms with Crippen molar-refractivity contribution in [3.05, 3.63) is 77.0 Å². The van der Waals surface area contributed by atoms with Gasteiger partial charge in [0.1, 0.15) is 17.2 Å². The van der Waals surface area contributed by atoms with Gasteiger partial charge in [-0.15, -0.1) is 0 Å². The summed E-state index contributed by atoms with van der Waals surface area (Å²) in [7, 11) is 3.16. The molecule has 0 aliphatic heterocycles. The average Bonchev–Trinajstić information content (AvgIpc) is 3.48. The van der Waals surface area contributed by atoms with E-state index in [1.54, 1.807) is 38.5 Å². The average molecular weight is 426 g/mol. The highest BCUT2D eigenvalue weighted by molar-refractivity contribution is 6.02. The third-order valence-corrected chi connectivity index (χ3v) is 5.78. The highest BCUT2D eigenvalue weighted by atomic mass is 16.5. The normalized spacial score (nSPS) is 12.4. The minimum atomic E-state index is -0.382. The number of carbonyl (C=O) groups excluding carboxylic acids is 1. The van der Waals surface area contributed by atoms with Crippen LogP contribution in [0.15, 0.2) is 59.7 Å². The Balaban J connectivity index is 1.37. The molecule has 7 heteroatoms. The van der Waals surface area contributed by atoms with Crippen LogP contribution in [0.1, 0.15) is 27.2 Å². The van der Waals surface area contributed by atoms with Crippen LogP contribution in [0.2, 0.25) is 0 Å². The number of benzene rings is 3. The molecule has 0 saturated heterocycles. The molecule has 0 fully saturated rings. The smallest absolute Gasteiger partial charge is 0.289 e. The lowest BCUT2D eigenvalue weighted by Crippen LogP contribution is -2.18. The van der Waals surface area contributed by atoms with Gasteiger partial charge in [0.15, 0.2) is 0 Å². The minimum absolute atomic E-state index is 0.331. The van der Waals surface area contributed by atoms with Crippen LogP contribution >= 0.6 is 0 Å². The maximum absolute atomic E-state index is 12.6. The minimum Gasteiger partial charge on any atom is -0.497 e. The van der Waals surface area contributed by atoms with E-state index in [9.17, 15) is 4.79 Å². The zero-order chi connectivity index (χ0) is 22.1. The van der Waals surface area contributed by atoms with Crippen molar-refractivity contribution in [2.75, 3.05) is 14.2 Å². The third-order valence-electron chi connectivity index (χ3n) is 5.78. The van der Waals surface area contributed by atoms with Crippen LogP contribution in [0, 0.1) is 0 Å². The quantitative estimate of drug-likeness (QED) is 0.359. The van der Waals surface area contributed by atoms with Gasteiger partial charge in [0.05, 0.1) is 26.1 Å². The first-order valence-corrected chi connectivity index (χ1v) is 10.3. The molecular weight excluding hydrogens is 404 g/mol. The van der Waals surface area contributed by atoms with Crippen molar-refractivity contribution in [2.45, 2.75) is 12.8 Å². The molecule has 4 aromatic rings. The Labute approximate surface area is 185 Å². The standard InChI is InChI=1S/C25H22N4O3/c1-31-18-9-11-23(32-2)17(12-18)14-26-29-25(30)22-13-21(27-28-22)19-10-8-16-7-6-15-4-3-5-20(19)24(15)16/h3-5,8-14H,6-7H2,1-2H3,(H,27,28)(H,29,30)/b26-14+.